The van der Waals surface area contributed by atoms with Gasteiger partial charge in [0.15, 0.2) is 5.84 Å². The maximum absolute atomic E-state index is 12.9. The molecule has 21 heavy (non-hydrogen) atoms. The predicted molar refractivity (Wildman–Crippen MR) is 80.9 cm³/mol. The van der Waals surface area contributed by atoms with Crippen LogP contribution in [0.5, 0.6) is 0 Å². The van der Waals surface area contributed by atoms with E-state index in [0.717, 1.165) is 19.3 Å². The predicted octanol–water partition coefficient (Wildman–Crippen LogP) is 2.23. The van der Waals surface area contributed by atoms with Crippen LogP contribution < -0.4 is 11.1 Å². The van der Waals surface area contributed by atoms with Crippen molar-refractivity contribution in [2.24, 2.45) is 33.6 Å². The van der Waals surface area contributed by atoms with Gasteiger partial charge in [-0.25, -0.2) is 0 Å². The average Bonchev–Trinajstić information content (AvgIpc) is 2.40. The minimum Gasteiger partial charge on any atom is -0.409 e. The first-order valence-corrected chi connectivity index (χ1v) is 8.18. The second-order valence-electron chi connectivity index (χ2n) is 8.01. The van der Waals surface area contributed by atoms with E-state index in [-0.39, 0.29) is 23.2 Å². The number of amides is 1. The number of hydrogen-bond donors (Lipinski definition) is 3. The summed E-state index contributed by atoms with van der Waals surface area (Å²) in [6.45, 7) is 4.29. The highest BCUT2D eigenvalue weighted by Crippen LogP contribution is 2.65. The fourth-order valence-electron chi connectivity index (χ4n) is 5.75. The molecule has 4 aliphatic rings. The van der Waals surface area contributed by atoms with E-state index in [4.69, 9.17) is 10.9 Å². The monoisotopic (exact) mass is 293 g/mol. The highest BCUT2D eigenvalue weighted by atomic mass is 16.4. The third kappa shape index (κ3) is 2.40. The van der Waals surface area contributed by atoms with Crippen LogP contribution in [0.25, 0.3) is 0 Å². The Hall–Kier alpha value is -1.26. The van der Waals surface area contributed by atoms with Crippen molar-refractivity contribution < 1.29 is 10.0 Å². The van der Waals surface area contributed by atoms with Crippen molar-refractivity contribution in [2.75, 3.05) is 0 Å². The van der Waals surface area contributed by atoms with Crippen LogP contribution in [0.3, 0.4) is 0 Å². The standard InChI is InChI=1S/C16H27N3O2/c1-3-12(13(17)19-21)18-14(20)16-7-10-4-11(8-16)6-15(2,5-10)9-16/h10-12,21H,3-9H2,1-2H3,(H2,17,19)(H,18,20). The first kappa shape index (κ1) is 14.7. The maximum Gasteiger partial charge on any atom is 0.226 e. The van der Waals surface area contributed by atoms with Gasteiger partial charge in [0, 0.05) is 0 Å². The molecule has 0 spiro atoms. The van der Waals surface area contributed by atoms with Crippen molar-refractivity contribution in [3.63, 3.8) is 0 Å². The zero-order chi connectivity index (χ0) is 15.3. The largest absolute Gasteiger partial charge is 0.409 e. The van der Waals surface area contributed by atoms with E-state index in [1.807, 2.05) is 6.92 Å². The number of carbonyl (C=O) groups is 1. The Bertz CT molecular complexity index is 460. The van der Waals surface area contributed by atoms with E-state index in [1.54, 1.807) is 0 Å². The summed E-state index contributed by atoms with van der Waals surface area (Å²) >= 11 is 0. The summed E-state index contributed by atoms with van der Waals surface area (Å²) < 4.78 is 0. The molecule has 3 atom stereocenters. The molecule has 0 aliphatic heterocycles. The minimum atomic E-state index is -0.358. The average molecular weight is 293 g/mol. The summed E-state index contributed by atoms with van der Waals surface area (Å²) in [5.41, 5.74) is 5.82. The summed E-state index contributed by atoms with van der Waals surface area (Å²) in [5, 5.41) is 14.9. The number of rotatable bonds is 4. The lowest BCUT2D eigenvalue weighted by Gasteiger charge is -2.60. The minimum absolute atomic E-state index is 0.0989. The van der Waals surface area contributed by atoms with E-state index in [0.29, 0.717) is 23.7 Å². The molecule has 4 saturated carbocycles. The van der Waals surface area contributed by atoms with Crippen LogP contribution >= 0.6 is 0 Å². The number of nitrogens with zero attached hydrogens (tertiary/aromatic N) is 1. The molecule has 4 N–H and O–H groups in total. The number of nitrogens with one attached hydrogen (secondary N) is 1. The van der Waals surface area contributed by atoms with Crippen molar-refractivity contribution in [3.05, 3.63) is 0 Å². The van der Waals surface area contributed by atoms with Gasteiger partial charge in [0.25, 0.3) is 0 Å². The van der Waals surface area contributed by atoms with Gasteiger partial charge in [-0.3, -0.25) is 4.79 Å². The summed E-state index contributed by atoms with van der Waals surface area (Å²) in [4.78, 5) is 12.9. The Morgan fingerprint density at radius 1 is 1.38 bits per heavy atom. The topological polar surface area (TPSA) is 87.7 Å². The van der Waals surface area contributed by atoms with Gasteiger partial charge in [-0.2, -0.15) is 0 Å². The Morgan fingerprint density at radius 2 is 2.00 bits per heavy atom. The maximum atomic E-state index is 12.9. The lowest BCUT2D eigenvalue weighted by molar-refractivity contribution is -0.155. The van der Waals surface area contributed by atoms with Crippen LogP contribution in [0.1, 0.15) is 58.8 Å². The Morgan fingerprint density at radius 3 is 2.48 bits per heavy atom. The molecule has 1 amide bonds. The normalized spacial score (nSPS) is 42.9. The lowest BCUT2D eigenvalue weighted by atomic mass is 9.44. The molecule has 4 bridgehead atoms. The van der Waals surface area contributed by atoms with E-state index in [9.17, 15) is 4.79 Å². The highest BCUT2D eigenvalue weighted by Gasteiger charge is 2.58. The summed E-state index contributed by atoms with van der Waals surface area (Å²) in [7, 11) is 0. The first-order valence-electron chi connectivity index (χ1n) is 8.18. The van der Waals surface area contributed by atoms with Crippen molar-refractivity contribution in [2.45, 2.75) is 64.8 Å². The molecule has 5 heteroatoms. The summed E-state index contributed by atoms with van der Waals surface area (Å²) in [6, 6.07) is -0.358. The Kier molecular flexibility index (Phi) is 3.41. The van der Waals surface area contributed by atoms with Crippen molar-refractivity contribution in [3.8, 4) is 0 Å². The lowest BCUT2D eigenvalue weighted by Crippen LogP contribution is -2.59. The molecule has 0 aromatic heterocycles. The number of carbonyl (C=O) groups excluding carboxylic acids is 1. The molecule has 4 rings (SSSR count). The number of oxime groups is 1. The molecular weight excluding hydrogens is 266 g/mol. The molecule has 4 aliphatic carbocycles. The highest BCUT2D eigenvalue weighted by molar-refractivity contribution is 5.92. The fourth-order valence-corrected chi connectivity index (χ4v) is 5.75. The Balaban J connectivity index is 1.78. The Labute approximate surface area is 126 Å². The molecule has 5 nitrogen and oxygen atoms in total. The van der Waals surface area contributed by atoms with Crippen molar-refractivity contribution in [1.82, 2.24) is 5.32 Å². The third-order valence-corrected chi connectivity index (χ3v) is 6.02. The molecule has 3 unspecified atom stereocenters. The number of hydrogen-bond acceptors (Lipinski definition) is 3. The van der Waals surface area contributed by atoms with Gasteiger partial charge in [0.2, 0.25) is 5.91 Å². The van der Waals surface area contributed by atoms with Crippen LogP contribution in [0.15, 0.2) is 5.16 Å². The van der Waals surface area contributed by atoms with Crippen LogP contribution in [0.2, 0.25) is 0 Å². The summed E-state index contributed by atoms with van der Waals surface area (Å²) in [6.07, 6.45) is 7.58. The van der Waals surface area contributed by atoms with Gasteiger partial charge in [-0.05, 0) is 62.2 Å². The zero-order valence-electron chi connectivity index (χ0n) is 13.1. The van der Waals surface area contributed by atoms with Gasteiger partial charge in [-0.1, -0.05) is 19.0 Å². The SMILES string of the molecule is CCC(NC(=O)C12CC3CC(CC(C)(C3)C1)C2)C(N)=NO. The molecule has 0 aromatic rings. The number of amidine groups is 1. The quantitative estimate of drug-likeness (QED) is 0.321. The van der Waals surface area contributed by atoms with Crippen molar-refractivity contribution >= 4 is 11.7 Å². The van der Waals surface area contributed by atoms with Crippen LogP contribution in [-0.4, -0.2) is 23.0 Å². The van der Waals surface area contributed by atoms with Crippen LogP contribution in [0.4, 0.5) is 0 Å². The van der Waals surface area contributed by atoms with E-state index in [2.05, 4.69) is 17.4 Å². The molecule has 0 aromatic carbocycles. The van der Waals surface area contributed by atoms with E-state index in [1.165, 1.54) is 19.3 Å². The molecule has 0 saturated heterocycles. The molecule has 0 heterocycles. The second kappa shape index (κ2) is 4.89. The van der Waals surface area contributed by atoms with E-state index < -0.39 is 0 Å². The fraction of sp³-hybridized carbons (Fsp3) is 0.875. The number of nitrogens with two attached hydrogens (primary N) is 1. The third-order valence-electron chi connectivity index (χ3n) is 6.02. The molecule has 118 valence electrons. The molecule has 0 radical (unpaired) electrons. The molecule has 4 fully saturated rings. The summed E-state index contributed by atoms with van der Waals surface area (Å²) in [5.74, 6) is 1.65. The molecular formula is C16H27N3O2. The zero-order valence-corrected chi connectivity index (χ0v) is 13.1. The van der Waals surface area contributed by atoms with Gasteiger partial charge < -0.3 is 16.3 Å². The first-order chi connectivity index (χ1) is 9.89. The van der Waals surface area contributed by atoms with Crippen LogP contribution in [0, 0.1) is 22.7 Å². The van der Waals surface area contributed by atoms with Gasteiger partial charge in [0.05, 0.1) is 11.5 Å². The van der Waals surface area contributed by atoms with E-state index >= 15 is 0 Å². The van der Waals surface area contributed by atoms with Crippen molar-refractivity contribution in [1.29, 1.82) is 0 Å². The van der Waals surface area contributed by atoms with Gasteiger partial charge >= 0.3 is 0 Å². The van der Waals surface area contributed by atoms with Crippen LogP contribution in [-0.2, 0) is 4.79 Å². The van der Waals surface area contributed by atoms with Gasteiger partial charge in [-0.15, -0.1) is 0 Å². The van der Waals surface area contributed by atoms with Gasteiger partial charge in [0.1, 0.15) is 0 Å². The second-order valence-corrected chi connectivity index (χ2v) is 8.01. The smallest absolute Gasteiger partial charge is 0.226 e.